The van der Waals surface area contributed by atoms with Gasteiger partial charge in [0.2, 0.25) is 5.28 Å². The third-order valence-corrected chi connectivity index (χ3v) is 1.92. The minimum absolute atomic E-state index is 0.0414. The Hall–Kier alpha value is -1.07. The third-order valence-electron chi connectivity index (χ3n) is 1.46. The van der Waals surface area contributed by atoms with Gasteiger partial charge in [-0.3, -0.25) is 0 Å². The Labute approximate surface area is 103 Å². The lowest BCUT2D eigenvalue weighted by Gasteiger charge is -2.19. The standard InChI is InChI=1S/C9H11Cl2N3O2/c1-9(2,3)16-7(15)5-4(12)6(10)14-8(11)13-5/h12H2,1-3H3. The van der Waals surface area contributed by atoms with Gasteiger partial charge in [0.15, 0.2) is 10.8 Å². The molecule has 0 atom stereocenters. The fraction of sp³-hybridized carbons (Fsp3) is 0.444. The van der Waals surface area contributed by atoms with Gasteiger partial charge in [-0.2, -0.15) is 0 Å². The molecule has 1 heterocycles. The molecule has 0 radical (unpaired) electrons. The Morgan fingerprint density at radius 1 is 1.31 bits per heavy atom. The monoisotopic (exact) mass is 263 g/mol. The summed E-state index contributed by atoms with van der Waals surface area (Å²) < 4.78 is 5.09. The van der Waals surface area contributed by atoms with E-state index in [0.29, 0.717) is 0 Å². The first kappa shape index (κ1) is 13.0. The van der Waals surface area contributed by atoms with Gasteiger partial charge < -0.3 is 10.5 Å². The summed E-state index contributed by atoms with van der Waals surface area (Å²) >= 11 is 11.2. The average Bonchev–Trinajstić information content (AvgIpc) is 2.08. The van der Waals surface area contributed by atoms with E-state index in [1.165, 1.54) is 0 Å². The first-order chi connectivity index (χ1) is 7.20. The number of carbonyl (C=O) groups excluding carboxylic acids is 1. The lowest BCUT2D eigenvalue weighted by Crippen LogP contribution is -2.25. The van der Waals surface area contributed by atoms with E-state index in [0.717, 1.165) is 0 Å². The molecule has 7 heteroatoms. The van der Waals surface area contributed by atoms with E-state index in [1.807, 2.05) is 0 Å². The molecule has 0 unspecified atom stereocenters. The van der Waals surface area contributed by atoms with Crippen molar-refractivity contribution < 1.29 is 9.53 Å². The van der Waals surface area contributed by atoms with Crippen LogP contribution in [-0.4, -0.2) is 21.5 Å². The van der Waals surface area contributed by atoms with Crippen LogP contribution in [-0.2, 0) is 4.74 Å². The van der Waals surface area contributed by atoms with Crippen molar-refractivity contribution >= 4 is 34.9 Å². The number of nitrogen functional groups attached to an aromatic ring is 1. The van der Waals surface area contributed by atoms with Crippen LogP contribution in [0.15, 0.2) is 0 Å². The van der Waals surface area contributed by atoms with Gasteiger partial charge in [-0.05, 0) is 32.4 Å². The molecular weight excluding hydrogens is 253 g/mol. The highest BCUT2D eigenvalue weighted by Gasteiger charge is 2.23. The molecule has 0 aliphatic carbocycles. The molecule has 0 spiro atoms. The van der Waals surface area contributed by atoms with Crippen molar-refractivity contribution in [3.8, 4) is 0 Å². The van der Waals surface area contributed by atoms with E-state index in [-0.39, 0.29) is 21.8 Å². The van der Waals surface area contributed by atoms with Crippen LogP contribution in [0.5, 0.6) is 0 Å². The number of ether oxygens (including phenoxy) is 1. The zero-order chi connectivity index (χ0) is 12.5. The van der Waals surface area contributed by atoms with Crippen molar-refractivity contribution in [3.05, 3.63) is 16.1 Å². The van der Waals surface area contributed by atoms with Gasteiger partial charge in [-0.25, -0.2) is 14.8 Å². The summed E-state index contributed by atoms with van der Waals surface area (Å²) in [7, 11) is 0. The first-order valence-corrected chi connectivity index (χ1v) is 5.18. The Kier molecular flexibility index (Phi) is 3.60. The maximum Gasteiger partial charge on any atom is 0.359 e. The van der Waals surface area contributed by atoms with Crippen LogP contribution in [0.2, 0.25) is 10.4 Å². The highest BCUT2D eigenvalue weighted by Crippen LogP contribution is 2.23. The molecule has 0 aliphatic rings. The van der Waals surface area contributed by atoms with Crippen LogP contribution < -0.4 is 5.73 Å². The van der Waals surface area contributed by atoms with Crippen molar-refractivity contribution in [2.45, 2.75) is 26.4 Å². The first-order valence-electron chi connectivity index (χ1n) is 4.42. The summed E-state index contributed by atoms with van der Waals surface area (Å²) in [5, 5.41) is -0.221. The highest BCUT2D eigenvalue weighted by atomic mass is 35.5. The molecule has 0 aliphatic heterocycles. The summed E-state index contributed by atoms with van der Waals surface area (Å²) in [5.74, 6) is -0.684. The fourth-order valence-corrected chi connectivity index (χ4v) is 1.28. The predicted octanol–water partition coefficient (Wildman–Crippen LogP) is 2.32. The van der Waals surface area contributed by atoms with Crippen molar-refractivity contribution in [2.24, 2.45) is 0 Å². The minimum Gasteiger partial charge on any atom is -0.455 e. The molecular formula is C9H11Cl2N3O2. The minimum atomic E-state index is -0.684. The number of carbonyl (C=O) groups is 1. The summed E-state index contributed by atoms with van der Waals surface area (Å²) in [5.41, 5.74) is 4.74. The number of nitrogens with two attached hydrogens (primary N) is 1. The average molecular weight is 264 g/mol. The lowest BCUT2D eigenvalue weighted by atomic mass is 10.2. The van der Waals surface area contributed by atoms with E-state index in [1.54, 1.807) is 20.8 Å². The second-order valence-corrected chi connectivity index (χ2v) is 4.74. The van der Waals surface area contributed by atoms with Crippen LogP contribution in [0.25, 0.3) is 0 Å². The maximum absolute atomic E-state index is 11.7. The van der Waals surface area contributed by atoms with Gasteiger partial charge in [0.1, 0.15) is 11.3 Å². The molecule has 0 aromatic carbocycles. The Morgan fingerprint density at radius 3 is 2.38 bits per heavy atom. The van der Waals surface area contributed by atoms with E-state index < -0.39 is 11.6 Å². The van der Waals surface area contributed by atoms with E-state index in [4.69, 9.17) is 33.7 Å². The molecule has 0 bridgehead atoms. The molecule has 5 nitrogen and oxygen atoms in total. The van der Waals surface area contributed by atoms with Crippen molar-refractivity contribution in [1.29, 1.82) is 0 Å². The smallest absolute Gasteiger partial charge is 0.359 e. The number of halogens is 2. The van der Waals surface area contributed by atoms with Gasteiger partial charge in [0.25, 0.3) is 0 Å². The molecule has 1 aromatic rings. The van der Waals surface area contributed by atoms with Crippen LogP contribution in [0.4, 0.5) is 5.69 Å². The molecule has 1 rings (SSSR count). The van der Waals surface area contributed by atoms with Gasteiger partial charge >= 0.3 is 5.97 Å². The predicted molar refractivity (Wildman–Crippen MR) is 61.6 cm³/mol. The zero-order valence-electron chi connectivity index (χ0n) is 9.04. The number of hydrogen-bond acceptors (Lipinski definition) is 5. The highest BCUT2D eigenvalue weighted by molar-refractivity contribution is 6.34. The second-order valence-electron chi connectivity index (χ2n) is 4.05. The molecule has 16 heavy (non-hydrogen) atoms. The molecule has 0 saturated heterocycles. The number of rotatable bonds is 1. The summed E-state index contributed by atoms with van der Waals surface area (Å²) in [6.45, 7) is 5.18. The second kappa shape index (κ2) is 4.43. The Balaban J connectivity index is 3.09. The van der Waals surface area contributed by atoms with Gasteiger partial charge in [-0.1, -0.05) is 11.6 Å². The van der Waals surface area contributed by atoms with Crippen LogP contribution >= 0.6 is 23.2 Å². The number of anilines is 1. The van der Waals surface area contributed by atoms with Gasteiger partial charge in [-0.15, -0.1) is 0 Å². The van der Waals surface area contributed by atoms with Crippen molar-refractivity contribution in [2.75, 3.05) is 5.73 Å². The van der Waals surface area contributed by atoms with Crippen molar-refractivity contribution in [3.63, 3.8) is 0 Å². The largest absolute Gasteiger partial charge is 0.455 e. The quantitative estimate of drug-likeness (QED) is 0.478. The van der Waals surface area contributed by atoms with Gasteiger partial charge in [0.05, 0.1) is 0 Å². The summed E-state index contributed by atoms with van der Waals surface area (Å²) in [6.07, 6.45) is 0. The van der Waals surface area contributed by atoms with Gasteiger partial charge in [0, 0.05) is 0 Å². The zero-order valence-corrected chi connectivity index (χ0v) is 10.6. The topological polar surface area (TPSA) is 78.1 Å². The summed E-state index contributed by atoms with van der Waals surface area (Å²) in [4.78, 5) is 19.0. The number of esters is 1. The maximum atomic E-state index is 11.7. The number of hydrogen-bond donors (Lipinski definition) is 1. The molecule has 1 aromatic heterocycles. The van der Waals surface area contributed by atoms with Crippen LogP contribution in [0.1, 0.15) is 31.3 Å². The lowest BCUT2D eigenvalue weighted by molar-refractivity contribution is 0.00640. The third kappa shape index (κ3) is 3.21. The molecule has 88 valence electrons. The van der Waals surface area contributed by atoms with E-state index >= 15 is 0 Å². The molecule has 0 saturated carbocycles. The number of nitrogens with zero attached hydrogens (tertiary/aromatic N) is 2. The molecule has 0 fully saturated rings. The van der Waals surface area contributed by atoms with E-state index in [2.05, 4.69) is 9.97 Å². The van der Waals surface area contributed by atoms with E-state index in [9.17, 15) is 4.79 Å². The molecule has 2 N–H and O–H groups in total. The SMILES string of the molecule is CC(C)(C)OC(=O)c1nc(Cl)nc(Cl)c1N. The number of aromatic nitrogens is 2. The van der Waals surface area contributed by atoms with Crippen LogP contribution in [0.3, 0.4) is 0 Å². The van der Waals surface area contributed by atoms with Crippen LogP contribution in [0, 0.1) is 0 Å². The Bertz CT molecular complexity index is 429. The normalized spacial score (nSPS) is 11.3. The Morgan fingerprint density at radius 2 is 1.88 bits per heavy atom. The fourth-order valence-electron chi connectivity index (χ4n) is 0.898. The van der Waals surface area contributed by atoms with Crippen molar-refractivity contribution in [1.82, 2.24) is 9.97 Å². The summed E-state index contributed by atoms with van der Waals surface area (Å²) in [6, 6.07) is 0. The molecule has 0 amide bonds.